The number of amides is 2. The van der Waals surface area contributed by atoms with Gasteiger partial charge in [-0.25, -0.2) is 4.98 Å². The molecule has 0 radical (unpaired) electrons. The molecule has 1 saturated heterocycles. The van der Waals surface area contributed by atoms with E-state index >= 15 is 0 Å². The molecule has 0 atom stereocenters. The van der Waals surface area contributed by atoms with Gasteiger partial charge in [-0.1, -0.05) is 23.7 Å². The SMILES string of the molecule is CCNC(=O)C1CN(C(=O)c2csc(-c3cccc(Cl)c3)n2)C1. The molecule has 1 aromatic heterocycles. The number of hydrogen-bond donors (Lipinski definition) is 1. The van der Waals surface area contributed by atoms with E-state index in [9.17, 15) is 9.59 Å². The molecule has 0 spiro atoms. The summed E-state index contributed by atoms with van der Waals surface area (Å²) < 4.78 is 0. The van der Waals surface area contributed by atoms with Gasteiger partial charge in [0.15, 0.2) is 0 Å². The number of nitrogens with one attached hydrogen (secondary N) is 1. The Hall–Kier alpha value is -1.92. The second kappa shape index (κ2) is 6.68. The molecular weight excluding hydrogens is 334 g/mol. The van der Waals surface area contributed by atoms with Crippen molar-refractivity contribution >= 4 is 34.8 Å². The minimum absolute atomic E-state index is 0.00874. The van der Waals surface area contributed by atoms with Crippen LogP contribution in [0.15, 0.2) is 29.6 Å². The number of carbonyl (C=O) groups excluding carboxylic acids is 2. The van der Waals surface area contributed by atoms with Crippen molar-refractivity contribution in [2.45, 2.75) is 6.92 Å². The van der Waals surface area contributed by atoms with Crippen LogP contribution in [0, 0.1) is 5.92 Å². The molecule has 0 saturated carbocycles. The number of hydrogen-bond acceptors (Lipinski definition) is 4. The zero-order valence-electron chi connectivity index (χ0n) is 12.6. The molecule has 7 heteroatoms. The maximum Gasteiger partial charge on any atom is 0.273 e. The van der Waals surface area contributed by atoms with Gasteiger partial charge in [-0.2, -0.15) is 0 Å². The highest BCUT2D eigenvalue weighted by molar-refractivity contribution is 7.13. The van der Waals surface area contributed by atoms with Gasteiger partial charge in [0.25, 0.3) is 5.91 Å². The Labute approximate surface area is 143 Å². The molecule has 1 aromatic carbocycles. The fraction of sp³-hybridized carbons (Fsp3) is 0.312. The largest absolute Gasteiger partial charge is 0.356 e. The quantitative estimate of drug-likeness (QED) is 0.923. The first kappa shape index (κ1) is 16.0. The lowest BCUT2D eigenvalue weighted by atomic mass is 9.99. The van der Waals surface area contributed by atoms with Gasteiger partial charge in [0, 0.05) is 35.6 Å². The van der Waals surface area contributed by atoms with Crippen LogP contribution in [0.2, 0.25) is 5.02 Å². The van der Waals surface area contributed by atoms with Crippen molar-refractivity contribution in [2.75, 3.05) is 19.6 Å². The van der Waals surface area contributed by atoms with Crippen LogP contribution in [-0.4, -0.2) is 41.3 Å². The predicted molar refractivity (Wildman–Crippen MR) is 90.6 cm³/mol. The second-order valence-electron chi connectivity index (χ2n) is 5.35. The van der Waals surface area contributed by atoms with Gasteiger partial charge in [0.05, 0.1) is 5.92 Å². The number of rotatable bonds is 4. The third-order valence-electron chi connectivity index (χ3n) is 3.69. The highest BCUT2D eigenvalue weighted by Gasteiger charge is 2.36. The second-order valence-corrected chi connectivity index (χ2v) is 6.64. The van der Waals surface area contributed by atoms with Gasteiger partial charge in [-0.3, -0.25) is 9.59 Å². The van der Waals surface area contributed by atoms with E-state index in [1.807, 2.05) is 25.1 Å². The molecule has 2 heterocycles. The number of carbonyl (C=O) groups is 2. The highest BCUT2D eigenvalue weighted by Crippen LogP contribution is 2.27. The van der Waals surface area contributed by atoms with Crippen LogP contribution < -0.4 is 5.32 Å². The van der Waals surface area contributed by atoms with E-state index in [-0.39, 0.29) is 17.7 Å². The molecule has 120 valence electrons. The molecule has 1 aliphatic rings. The molecule has 0 unspecified atom stereocenters. The summed E-state index contributed by atoms with van der Waals surface area (Å²) >= 11 is 7.39. The summed E-state index contributed by atoms with van der Waals surface area (Å²) in [5, 5.41) is 5.92. The summed E-state index contributed by atoms with van der Waals surface area (Å²) in [5.74, 6) is -0.227. The predicted octanol–water partition coefficient (Wildman–Crippen LogP) is 2.67. The van der Waals surface area contributed by atoms with E-state index in [1.165, 1.54) is 11.3 Å². The number of likely N-dealkylation sites (tertiary alicyclic amines) is 1. The lowest BCUT2D eigenvalue weighted by Crippen LogP contribution is -2.55. The molecule has 23 heavy (non-hydrogen) atoms. The first-order valence-corrected chi connectivity index (χ1v) is 8.62. The first-order chi connectivity index (χ1) is 11.1. The summed E-state index contributed by atoms with van der Waals surface area (Å²) in [6.07, 6.45) is 0. The molecule has 0 aliphatic carbocycles. The molecule has 2 amide bonds. The Balaban J connectivity index is 1.65. The van der Waals surface area contributed by atoms with Crippen LogP contribution in [0.25, 0.3) is 10.6 Å². The monoisotopic (exact) mass is 349 g/mol. The number of aromatic nitrogens is 1. The van der Waals surface area contributed by atoms with Crippen molar-refractivity contribution < 1.29 is 9.59 Å². The number of benzene rings is 1. The van der Waals surface area contributed by atoms with Crippen LogP contribution in [0.3, 0.4) is 0 Å². The summed E-state index contributed by atoms with van der Waals surface area (Å²) in [7, 11) is 0. The third kappa shape index (κ3) is 3.38. The minimum atomic E-state index is -0.130. The van der Waals surface area contributed by atoms with Gasteiger partial charge in [0.2, 0.25) is 5.91 Å². The highest BCUT2D eigenvalue weighted by atomic mass is 35.5. The summed E-state index contributed by atoms with van der Waals surface area (Å²) in [6.45, 7) is 3.40. The normalized spacial score (nSPS) is 14.4. The van der Waals surface area contributed by atoms with Crippen molar-refractivity contribution in [1.82, 2.24) is 15.2 Å². The first-order valence-electron chi connectivity index (χ1n) is 7.37. The van der Waals surface area contributed by atoms with Gasteiger partial charge in [0.1, 0.15) is 10.7 Å². The summed E-state index contributed by atoms with van der Waals surface area (Å²) in [4.78, 5) is 30.1. The maximum absolute atomic E-state index is 12.4. The Morgan fingerprint density at radius 2 is 2.22 bits per heavy atom. The molecule has 5 nitrogen and oxygen atoms in total. The van der Waals surface area contributed by atoms with Gasteiger partial charge in [-0.05, 0) is 19.1 Å². The molecule has 1 aliphatic heterocycles. The smallest absolute Gasteiger partial charge is 0.273 e. The molecule has 1 fully saturated rings. The van der Waals surface area contributed by atoms with E-state index in [2.05, 4.69) is 10.3 Å². The Morgan fingerprint density at radius 3 is 2.91 bits per heavy atom. The number of halogens is 1. The van der Waals surface area contributed by atoms with Crippen LogP contribution in [-0.2, 0) is 4.79 Å². The van der Waals surface area contributed by atoms with E-state index in [4.69, 9.17) is 11.6 Å². The number of thiazole rings is 1. The van der Waals surface area contributed by atoms with Crippen molar-refractivity contribution in [3.63, 3.8) is 0 Å². The standard InChI is InChI=1S/C16H16ClN3O2S/c1-2-18-14(21)11-7-20(8-11)16(22)13-9-23-15(19-13)10-4-3-5-12(17)6-10/h3-6,9,11H,2,7-8H2,1H3,(H,18,21). The topological polar surface area (TPSA) is 62.3 Å². The summed E-state index contributed by atoms with van der Waals surface area (Å²) in [6, 6.07) is 7.39. The van der Waals surface area contributed by atoms with Crippen molar-refractivity contribution in [3.05, 3.63) is 40.4 Å². The van der Waals surface area contributed by atoms with Crippen LogP contribution in [0.5, 0.6) is 0 Å². The van der Waals surface area contributed by atoms with Crippen molar-refractivity contribution in [1.29, 1.82) is 0 Å². The number of nitrogens with zero attached hydrogens (tertiary/aromatic N) is 2. The molecule has 0 bridgehead atoms. The zero-order valence-corrected chi connectivity index (χ0v) is 14.2. The van der Waals surface area contributed by atoms with Crippen LogP contribution in [0.4, 0.5) is 0 Å². The molecule has 3 rings (SSSR count). The molecular formula is C16H16ClN3O2S. The Kier molecular flexibility index (Phi) is 4.63. The van der Waals surface area contributed by atoms with Crippen molar-refractivity contribution in [2.24, 2.45) is 5.92 Å². The molecule has 1 N–H and O–H groups in total. The van der Waals surface area contributed by atoms with Gasteiger partial charge >= 0.3 is 0 Å². The Morgan fingerprint density at radius 1 is 1.43 bits per heavy atom. The van der Waals surface area contributed by atoms with Gasteiger partial charge in [-0.15, -0.1) is 11.3 Å². The molecule has 2 aromatic rings. The van der Waals surface area contributed by atoms with E-state index in [0.29, 0.717) is 30.4 Å². The third-order valence-corrected chi connectivity index (χ3v) is 4.81. The fourth-order valence-corrected chi connectivity index (χ4v) is 3.40. The lowest BCUT2D eigenvalue weighted by Gasteiger charge is -2.37. The van der Waals surface area contributed by atoms with E-state index in [0.717, 1.165) is 10.6 Å². The Bertz CT molecular complexity index is 740. The fourth-order valence-electron chi connectivity index (χ4n) is 2.42. The average molecular weight is 350 g/mol. The maximum atomic E-state index is 12.4. The van der Waals surface area contributed by atoms with E-state index < -0.39 is 0 Å². The van der Waals surface area contributed by atoms with Gasteiger partial charge < -0.3 is 10.2 Å². The van der Waals surface area contributed by atoms with Crippen molar-refractivity contribution in [3.8, 4) is 10.6 Å². The zero-order chi connectivity index (χ0) is 16.4. The van der Waals surface area contributed by atoms with Crippen LogP contribution in [0.1, 0.15) is 17.4 Å². The minimum Gasteiger partial charge on any atom is -0.356 e. The lowest BCUT2D eigenvalue weighted by molar-refractivity contribution is -0.128. The average Bonchev–Trinajstić information content (AvgIpc) is 2.95. The van der Waals surface area contributed by atoms with Crippen LogP contribution >= 0.6 is 22.9 Å². The van der Waals surface area contributed by atoms with E-state index in [1.54, 1.807) is 16.3 Å². The summed E-state index contributed by atoms with van der Waals surface area (Å²) in [5.41, 5.74) is 1.31.